The minimum Gasteiger partial charge on any atom is -0.444 e. The maximum atomic E-state index is 11.5. The molecular formula is C12H19NO3. The molecule has 1 rings (SSSR count). The zero-order valence-electron chi connectivity index (χ0n) is 10.1. The second-order valence-electron chi connectivity index (χ2n) is 5.20. The third-order valence-corrected chi connectivity index (χ3v) is 2.53. The summed E-state index contributed by atoms with van der Waals surface area (Å²) in [5, 5.41) is 2.63. The molecule has 1 saturated carbocycles. The van der Waals surface area contributed by atoms with E-state index in [1.807, 2.05) is 0 Å². The Morgan fingerprint density at radius 1 is 1.44 bits per heavy atom. The van der Waals surface area contributed by atoms with Crippen molar-refractivity contribution in [2.24, 2.45) is 5.41 Å². The molecule has 0 aromatic heterocycles. The lowest BCUT2D eigenvalue weighted by Crippen LogP contribution is -2.37. The van der Waals surface area contributed by atoms with Gasteiger partial charge in [0.15, 0.2) is 5.78 Å². The van der Waals surface area contributed by atoms with E-state index in [-0.39, 0.29) is 5.78 Å². The third kappa shape index (κ3) is 3.36. The maximum absolute atomic E-state index is 11.5. The lowest BCUT2D eigenvalue weighted by atomic mass is 10.0. The van der Waals surface area contributed by atoms with E-state index in [1.165, 1.54) is 6.08 Å². The van der Waals surface area contributed by atoms with Crippen molar-refractivity contribution in [3.05, 3.63) is 12.7 Å². The quantitative estimate of drug-likeness (QED) is 0.745. The number of rotatable bonds is 4. The molecule has 0 heterocycles. The molecule has 0 aliphatic heterocycles. The largest absolute Gasteiger partial charge is 0.444 e. The first-order valence-corrected chi connectivity index (χ1v) is 5.43. The van der Waals surface area contributed by atoms with Gasteiger partial charge in [-0.1, -0.05) is 6.58 Å². The molecule has 0 atom stereocenters. The number of ether oxygens (including phenoxy) is 1. The van der Waals surface area contributed by atoms with E-state index in [2.05, 4.69) is 11.9 Å². The van der Waals surface area contributed by atoms with Crippen LogP contribution in [0.5, 0.6) is 0 Å². The van der Waals surface area contributed by atoms with Crippen molar-refractivity contribution >= 4 is 11.9 Å². The summed E-state index contributed by atoms with van der Waals surface area (Å²) in [7, 11) is 0. The van der Waals surface area contributed by atoms with Gasteiger partial charge in [-0.15, -0.1) is 0 Å². The molecule has 0 aromatic carbocycles. The molecule has 1 aliphatic rings. The smallest absolute Gasteiger partial charge is 0.407 e. The van der Waals surface area contributed by atoms with Gasteiger partial charge < -0.3 is 10.1 Å². The van der Waals surface area contributed by atoms with Crippen molar-refractivity contribution in [2.45, 2.75) is 39.2 Å². The second kappa shape index (κ2) is 4.28. The molecule has 16 heavy (non-hydrogen) atoms. The summed E-state index contributed by atoms with van der Waals surface area (Å²) in [6.07, 6.45) is 2.47. The van der Waals surface area contributed by atoms with Crippen LogP contribution in [0.15, 0.2) is 12.7 Å². The van der Waals surface area contributed by atoms with Gasteiger partial charge in [0.25, 0.3) is 0 Å². The topological polar surface area (TPSA) is 55.4 Å². The predicted molar refractivity (Wildman–Crippen MR) is 61.1 cm³/mol. The second-order valence-corrected chi connectivity index (χ2v) is 5.20. The number of carbonyl (C=O) groups excluding carboxylic acids is 2. The Kier molecular flexibility index (Phi) is 3.41. The van der Waals surface area contributed by atoms with E-state index >= 15 is 0 Å². The SMILES string of the molecule is C=CC(=O)C1(CNC(=O)OC(C)(C)C)CC1. The van der Waals surface area contributed by atoms with Crippen molar-refractivity contribution in [1.82, 2.24) is 5.32 Å². The first-order chi connectivity index (χ1) is 7.29. The molecule has 1 aliphatic carbocycles. The van der Waals surface area contributed by atoms with Crippen LogP contribution in [0.25, 0.3) is 0 Å². The Bertz CT molecular complexity index is 311. The fraction of sp³-hybridized carbons (Fsp3) is 0.667. The molecule has 0 radical (unpaired) electrons. The molecule has 90 valence electrons. The first kappa shape index (κ1) is 12.7. The fourth-order valence-electron chi connectivity index (χ4n) is 1.43. The zero-order valence-corrected chi connectivity index (χ0v) is 10.1. The van der Waals surface area contributed by atoms with E-state index in [4.69, 9.17) is 4.74 Å². The summed E-state index contributed by atoms with van der Waals surface area (Å²) in [5.74, 6) is 0.00330. The van der Waals surface area contributed by atoms with Gasteiger partial charge in [-0.3, -0.25) is 4.79 Å². The Hall–Kier alpha value is -1.32. The highest BCUT2D eigenvalue weighted by atomic mass is 16.6. The van der Waals surface area contributed by atoms with Crippen LogP contribution in [0.2, 0.25) is 0 Å². The Balaban J connectivity index is 2.38. The van der Waals surface area contributed by atoms with E-state index < -0.39 is 17.1 Å². The van der Waals surface area contributed by atoms with E-state index in [9.17, 15) is 9.59 Å². The number of amides is 1. The van der Waals surface area contributed by atoms with Gasteiger partial charge in [-0.05, 0) is 39.7 Å². The molecule has 0 unspecified atom stereocenters. The number of ketones is 1. The van der Waals surface area contributed by atoms with Crippen LogP contribution in [0.3, 0.4) is 0 Å². The Labute approximate surface area is 96.0 Å². The monoisotopic (exact) mass is 225 g/mol. The van der Waals surface area contributed by atoms with Crippen LogP contribution in [0.4, 0.5) is 4.79 Å². The Morgan fingerprint density at radius 2 is 2.00 bits per heavy atom. The normalized spacial score (nSPS) is 17.4. The maximum Gasteiger partial charge on any atom is 0.407 e. The van der Waals surface area contributed by atoms with Crippen LogP contribution in [-0.2, 0) is 9.53 Å². The van der Waals surface area contributed by atoms with Gasteiger partial charge in [0.05, 0.1) is 5.41 Å². The third-order valence-electron chi connectivity index (χ3n) is 2.53. The Morgan fingerprint density at radius 3 is 2.38 bits per heavy atom. The first-order valence-electron chi connectivity index (χ1n) is 5.43. The van der Waals surface area contributed by atoms with Crippen molar-refractivity contribution in [3.8, 4) is 0 Å². The molecule has 0 saturated heterocycles. The van der Waals surface area contributed by atoms with Crippen molar-refractivity contribution in [3.63, 3.8) is 0 Å². The highest BCUT2D eigenvalue weighted by Gasteiger charge is 2.48. The fourth-order valence-corrected chi connectivity index (χ4v) is 1.43. The van der Waals surface area contributed by atoms with Gasteiger partial charge in [0.1, 0.15) is 5.60 Å². The standard InChI is InChI=1S/C12H19NO3/c1-5-9(14)12(6-7-12)8-13-10(15)16-11(2,3)4/h5H,1,6-8H2,2-4H3,(H,13,15). The molecule has 0 spiro atoms. The highest BCUT2D eigenvalue weighted by Crippen LogP contribution is 2.46. The summed E-state index contributed by atoms with van der Waals surface area (Å²) >= 11 is 0. The van der Waals surface area contributed by atoms with E-state index in [0.717, 1.165) is 12.8 Å². The molecule has 0 aromatic rings. The van der Waals surface area contributed by atoms with Crippen LogP contribution < -0.4 is 5.32 Å². The van der Waals surface area contributed by atoms with E-state index in [0.29, 0.717) is 6.54 Å². The van der Waals surface area contributed by atoms with Crippen molar-refractivity contribution < 1.29 is 14.3 Å². The number of hydrogen-bond acceptors (Lipinski definition) is 3. The predicted octanol–water partition coefficient (Wildman–Crippen LogP) is 2.05. The minimum absolute atomic E-state index is 0.00330. The van der Waals surface area contributed by atoms with Crippen molar-refractivity contribution in [1.29, 1.82) is 0 Å². The summed E-state index contributed by atoms with van der Waals surface area (Å²) in [6, 6.07) is 0. The van der Waals surface area contributed by atoms with Gasteiger partial charge in [0.2, 0.25) is 0 Å². The summed E-state index contributed by atoms with van der Waals surface area (Å²) in [6.45, 7) is 9.20. The molecule has 1 amide bonds. The number of hydrogen-bond donors (Lipinski definition) is 1. The van der Waals surface area contributed by atoms with Crippen LogP contribution in [-0.4, -0.2) is 24.0 Å². The van der Waals surface area contributed by atoms with Crippen LogP contribution in [0.1, 0.15) is 33.6 Å². The number of nitrogens with one attached hydrogen (secondary N) is 1. The average Bonchev–Trinajstić information content (AvgIpc) is 2.92. The summed E-state index contributed by atoms with van der Waals surface area (Å²) < 4.78 is 5.09. The lowest BCUT2D eigenvalue weighted by molar-refractivity contribution is -0.119. The zero-order chi connectivity index (χ0) is 12.4. The molecule has 0 bridgehead atoms. The van der Waals surface area contributed by atoms with Gasteiger partial charge in [0, 0.05) is 6.54 Å². The number of carbonyl (C=O) groups is 2. The van der Waals surface area contributed by atoms with E-state index in [1.54, 1.807) is 20.8 Å². The van der Waals surface area contributed by atoms with Gasteiger partial charge >= 0.3 is 6.09 Å². The minimum atomic E-state index is -0.511. The number of alkyl carbamates (subject to hydrolysis) is 1. The van der Waals surface area contributed by atoms with Crippen molar-refractivity contribution in [2.75, 3.05) is 6.54 Å². The highest BCUT2D eigenvalue weighted by molar-refractivity contribution is 5.96. The lowest BCUT2D eigenvalue weighted by Gasteiger charge is -2.21. The molecule has 1 fully saturated rings. The summed E-state index contributed by atoms with van der Waals surface area (Å²) in [4.78, 5) is 22.9. The molecule has 4 heteroatoms. The van der Waals surface area contributed by atoms with Gasteiger partial charge in [-0.2, -0.15) is 0 Å². The molecule has 1 N–H and O–H groups in total. The molecular weight excluding hydrogens is 206 g/mol. The summed E-state index contributed by atoms with van der Waals surface area (Å²) in [5.41, 5.74) is -0.915. The van der Waals surface area contributed by atoms with Crippen LogP contribution >= 0.6 is 0 Å². The van der Waals surface area contributed by atoms with Gasteiger partial charge in [-0.25, -0.2) is 4.79 Å². The molecule has 4 nitrogen and oxygen atoms in total. The van der Waals surface area contributed by atoms with Crippen LogP contribution in [0, 0.1) is 5.41 Å². The average molecular weight is 225 g/mol. The number of allylic oxidation sites excluding steroid dienone is 1.